The number of nitrogens with one attached hydrogen (secondary N) is 1. The summed E-state index contributed by atoms with van der Waals surface area (Å²) >= 11 is 0. The van der Waals surface area contributed by atoms with Crippen molar-refractivity contribution in [2.75, 3.05) is 19.6 Å². The molecule has 1 heterocycles. The van der Waals surface area contributed by atoms with Gasteiger partial charge in [-0.25, -0.2) is 0 Å². The number of piperidine rings is 1. The van der Waals surface area contributed by atoms with Crippen molar-refractivity contribution in [1.29, 1.82) is 10.5 Å². The average molecular weight is 344 g/mol. The van der Waals surface area contributed by atoms with Crippen LogP contribution in [0.3, 0.4) is 0 Å². The molecule has 26 heavy (non-hydrogen) atoms. The molecule has 1 N–H and O–H groups in total. The zero-order valence-corrected chi connectivity index (χ0v) is 15.0. The van der Waals surface area contributed by atoms with Gasteiger partial charge in [-0.15, -0.1) is 0 Å². The van der Waals surface area contributed by atoms with Crippen molar-refractivity contribution in [3.05, 3.63) is 70.8 Å². The van der Waals surface area contributed by atoms with Crippen molar-refractivity contribution in [3.63, 3.8) is 0 Å². The summed E-state index contributed by atoms with van der Waals surface area (Å²) < 4.78 is 0. The molecular weight excluding hydrogens is 320 g/mol. The molecule has 2 aromatic carbocycles. The van der Waals surface area contributed by atoms with Crippen LogP contribution in [0.25, 0.3) is 0 Å². The van der Waals surface area contributed by atoms with Crippen LogP contribution in [0.1, 0.15) is 35.1 Å². The molecule has 0 spiro atoms. The van der Waals surface area contributed by atoms with Gasteiger partial charge in [0.05, 0.1) is 23.3 Å². The fourth-order valence-corrected chi connectivity index (χ4v) is 3.52. The first-order chi connectivity index (χ1) is 12.8. The topological polar surface area (TPSA) is 62.9 Å². The summed E-state index contributed by atoms with van der Waals surface area (Å²) in [7, 11) is 0. The minimum Gasteiger partial charge on any atom is -0.316 e. The third-order valence-electron chi connectivity index (χ3n) is 4.89. The van der Waals surface area contributed by atoms with Gasteiger partial charge in [-0.3, -0.25) is 4.90 Å². The Kier molecular flexibility index (Phi) is 6.39. The third-order valence-corrected chi connectivity index (χ3v) is 4.89. The van der Waals surface area contributed by atoms with Gasteiger partial charge >= 0.3 is 0 Å². The van der Waals surface area contributed by atoms with Gasteiger partial charge < -0.3 is 5.32 Å². The molecule has 2 aromatic rings. The Morgan fingerprint density at radius 2 is 1.42 bits per heavy atom. The van der Waals surface area contributed by atoms with Gasteiger partial charge in [0.25, 0.3) is 0 Å². The largest absolute Gasteiger partial charge is 0.316 e. The SMILES string of the molecule is N#Cc1ccc(CN(Cc2ccc(C#N)cc2)C[C@@H]2CCCNC2)cc1. The number of nitrogens with zero attached hydrogens (tertiary/aromatic N) is 3. The summed E-state index contributed by atoms with van der Waals surface area (Å²) in [6.07, 6.45) is 2.51. The standard InChI is InChI=1S/C22H24N4/c23-12-18-3-7-20(8-4-18)15-26(17-22-2-1-11-25-14-22)16-21-9-5-19(13-24)6-10-21/h3-10,22,25H,1-2,11,14-17H2/t22-/m1/s1. The van der Waals surface area contributed by atoms with E-state index in [0.29, 0.717) is 17.0 Å². The Morgan fingerprint density at radius 3 is 1.85 bits per heavy atom. The lowest BCUT2D eigenvalue weighted by atomic mass is 9.98. The molecule has 1 aliphatic heterocycles. The van der Waals surface area contributed by atoms with E-state index in [-0.39, 0.29) is 0 Å². The number of benzene rings is 2. The highest BCUT2D eigenvalue weighted by atomic mass is 15.1. The van der Waals surface area contributed by atoms with E-state index in [0.717, 1.165) is 32.7 Å². The van der Waals surface area contributed by atoms with Crippen molar-refractivity contribution >= 4 is 0 Å². The summed E-state index contributed by atoms with van der Waals surface area (Å²) in [6.45, 7) is 4.98. The lowest BCUT2D eigenvalue weighted by Crippen LogP contribution is -2.37. The van der Waals surface area contributed by atoms with Crippen LogP contribution in [0.15, 0.2) is 48.5 Å². The molecule has 3 rings (SSSR count). The van der Waals surface area contributed by atoms with Crippen LogP contribution < -0.4 is 5.32 Å². The Labute approximate surface area is 155 Å². The van der Waals surface area contributed by atoms with Gasteiger partial charge in [-0.1, -0.05) is 24.3 Å². The van der Waals surface area contributed by atoms with Crippen LogP contribution in [0.5, 0.6) is 0 Å². The normalized spacial score (nSPS) is 16.8. The molecule has 1 atom stereocenters. The number of hydrogen-bond donors (Lipinski definition) is 1. The predicted molar refractivity (Wildman–Crippen MR) is 102 cm³/mol. The third kappa shape index (κ3) is 5.17. The summed E-state index contributed by atoms with van der Waals surface area (Å²) in [5, 5.41) is 21.4. The number of hydrogen-bond acceptors (Lipinski definition) is 4. The van der Waals surface area contributed by atoms with E-state index >= 15 is 0 Å². The Hall–Kier alpha value is -2.66. The first-order valence-electron chi connectivity index (χ1n) is 9.18. The molecule has 1 fully saturated rings. The van der Waals surface area contributed by atoms with E-state index in [1.54, 1.807) is 0 Å². The van der Waals surface area contributed by atoms with E-state index in [2.05, 4.69) is 22.4 Å². The molecule has 0 aliphatic carbocycles. The van der Waals surface area contributed by atoms with Crippen LogP contribution >= 0.6 is 0 Å². The molecular formula is C22H24N4. The number of rotatable bonds is 6. The Balaban J connectivity index is 1.71. The van der Waals surface area contributed by atoms with Gasteiger partial charge in [0.2, 0.25) is 0 Å². The van der Waals surface area contributed by atoms with Crippen LogP contribution in [-0.2, 0) is 13.1 Å². The summed E-state index contributed by atoms with van der Waals surface area (Å²) in [6, 6.07) is 20.1. The molecule has 0 aromatic heterocycles. The quantitative estimate of drug-likeness (QED) is 0.872. The summed E-state index contributed by atoms with van der Waals surface area (Å²) in [4.78, 5) is 2.47. The molecule has 4 heteroatoms. The molecule has 0 bridgehead atoms. The van der Waals surface area contributed by atoms with Crippen LogP contribution in [0.2, 0.25) is 0 Å². The molecule has 0 amide bonds. The second kappa shape index (κ2) is 9.15. The van der Waals surface area contributed by atoms with E-state index in [9.17, 15) is 0 Å². The highest BCUT2D eigenvalue weighted by Gasteiger charge is 2.17. The average Bonchev–Trinajstić information content (AvgIpc) is 2.70. The van der Waals surface area contributed by atoms with E-state index in [4.69, 9.17) is 10.5 Å². The van der Waals surface area contributed by atoms with E-state index in [1.807, 2.05) is 48.5 Å². The second-order valence-corrected chi connectivity index (χ2v) is 7.00. The zero-order valence-electron chi connectivity index (χ0n) is 15.0. The van der Waals surface area contributed by atoms with Crippen molar-refractivity contribution < 1.29 is 0 Å². The van der Waals surface area contributed by atoms with E-state index < -0.39 is 0 Å². The Morgan fingerprint density at radius 1 is 0.885 bits per heavy atom. The predicted octanol–water partition coefficient (Wildman–Crippen LogP) is 3.43. The molecule has 132 valence electrons. The van der Waals surface area contributed by atoms with Crippen molar-refractivity contribution in [2.24, 2.45) is 5.92 Å². The van der Waals surface area contributed by atoms with Crippen molar-refractivity contribution in [1.82, 2.24) is 10.2 Å². The molecule has 0 saturated carbocycles. The highest BCUT2D eigenvalue weighted by molar-refractivity contribution is 5.32. The maximum absolute atomic E-state index is 8.97. The van der Waals surface area contributed by atoms with E-state index in [1.165, 1.54) is 24.0 Å². The zero-order chi connectivity index (χ0) is 18.2. The molecule has 1 saturated heterocycles. The fraction of sp³-hybridized carbons (Fsp3) is 0.364. The van der Waals surface area contributed by atoms with Gasteiger partial charge in [0.1, 0.15) is 0 Å². The molecule has 4 nitrogen and oxygen atoms in total. The Bertz CT molecular complexity index is 715. The lowest BCUT2D eigenvalue weighted by Gasteiger charge is -2.30. The summed E-state index contributed by atoms with van der Waals surface area (Å²) in [5.41, 5.74) is 3.84. The second-order valence-electron chi connectivity index (χ2n) is 7.00. The van der Waals surface area contributed by atoms with Crippen LogP contribution in [-0.4, -0.2) is 24.5 Å². The fourth-order valence-electron chi connectivity index (χ4n) is 3.52. The molecule has 0 unspecified atom stereocenters. The maximum atomic E-state index is 8.97. The minimum atomic E-state index is 0.667. The monoisotopic (exact) mass is 344 g/mol. The first-order valence-corrected chi connectivity index (χ1v) is 9.18. The van der Waals surface area contributed by atoms with Crippen molar-refractivity contribution in [2.45, 2.75) is 25.9 Å². The van der Waals surface area contributed by atoms with Crippen LogP contribution in [0.4, 0.5) is 0 Å². The lowest BCUT2D eigenvalue weighted by molar-refractivity contribution is 0.194. The number of nitriles is 2. The van der Waals surface area contributed by atoms with Crippen LogP contribution in [0, 0.1) is 28.6 Å². The summed E-state index contributed by atoms with van der Waals surface area (Å²) in [5.74, 6) is 0.667. The maximum Gasteiger partial charge on any atom is 0.0991 e. The van der Waals surface area contributed by atoms with Gasteiger partial charge in [0, 0.05) is 19.6 Å². The first kappa shape index (κ1) is 18.1. The minimum absolute atomic E-state index is 0.667. The van der Waals surface area contributed by atoms with Gasteiger partial charge in [-0.05, 0) is 67.2 Å². The van der Waals surface area contributed by atoms with Gasteiger partial charge in [-0.2, -0.15) is 10.5 Å². The van der Waals surface area contributed by atoms with Crippen molar-refractivity contribution in [3.8, 4) is 12.1 Å². The highest BCUT2D eigenvalue weighted by Crippen LogP contribution is 2.17. The molecule has 0 radical (unpaired) electrons. The van der Waals surface area contributed by atoms with Gasteiger partial charge in [0.15, 0.2) is 0 Å². The smallest absolute Gasteiger partial charge is 0.0991 e. The molecule has 1 aliphatic rings.